The molecule has 2 atom stereocenters. The molecule has 0 saturated heterocycles. The van der Waals surface area contributed by atoms with Gasteiger partial charge in [0.1, 0.15) is 0 Å². The van der Waals surface area contributed by atoms with Crippen LogP contribution < -0.4 is 0 Å². The lowest BCUT2D eigenvalue weighted by Crippen LogP contribution is -2.11. The lowest BCUT2D eigenvalue weighted by atomic mass is 9.84. The molecule has 0 aromatic rings. The molecule has 0 aromatic heterocycles. The summed E-state index contributed by atoms with van der Waals surface area (Å²) in [5.41, 5.74) is 0. The first-order valence-electron chi connectivity index (χ1n) is 6.16. The van der Waals surface area contributed by atoms with Gasteiger partial charge in [0, 0.05) is 7.05 Å². The van der Waals surface area contributed by atoms with Gasteiger partial charge in [0.25, 0.3) is 0 Å². The summed E-state index contributed by atoms with van der Waals surface area (Å²) in [6, 6.07) is 0. The van der Waals surface area contributed by atoms with E-state index in [-0.39, 0.29) is 0 Å². The molecule has 0 aliphatic heterocycles. The van der Waals surface area contributed by atoms with Crippen molar-refractivity contribution in [2.24, 2.45) is 16.8 Å². The Kier molecular flexibility index (Phi) is 9.02. The van der Waals surface area contributed by atoms with E-state index in [0.29, 0.717) is 0 Å². The van der Waals surface area contributed by atoms with E-state index in [1.165, 1.54) is 32.1 Å². The molecule has 14 heavy (non-hydrogen) atoms. The molecule has 0 amide bonds. The van der Waals surface area contributed by atoms with Crippen molar-refractivity contribution in [3.05, 3.63) is 0 Å². The van der Waals surface area contributed by atoms with Crippen molar-refractivity contribution in [3.8, 4) is 0 Å². The summed E-state index contributed by atoms with van der Waals surface area (Å²) in [6.07, 6.45) is 9.98. The molecular formula is C13H27N. The minimum atomic E-state index is 0.865. The summed E-state index contributed by atoms with van der Waals surface area (Å²) in [5.74, 6) is 1.80. The monoisotopic (exact) mass is 197 g/mol. The van der Waals surface area contributed by atoms with Crippen LogP contribution >= 0.6 is 0 Å². The van der Waals surface area contributed by atoms with Gasteiger partial charge in [-0.3, -0.25) is 0 Å². The van der Waals surface area contributed by atoms with Crippen LogP contribution in [0.1, 0.15) is 59.3 Å². The van der Waals surface area contributed by atoms with Gasteiger partial charge in [-0.25, -0.2) is 0 Å². The third-order valence-corrected chi connectivity index (χ3v) is 3.19. The molecule has 0 rings (SSSR count). The molecule has 0 heterocycles. The maximum atomic E-state index is 4.03. The first kappa shape index (κ1) is 13.7. The van der Waals surface area contributed by atoms with Crippen molar-refractivity contribution in [3.63, 3.8) is 0 Å². The molecule has 1 heteroatoms. The Hall–Kier alpha value is -0.330. The highest BCUT2D eigenvalue weighted by Gasteiger charge is 2.13. The molecule has 0 bridgehead atoms. The fourth-order valence-corrected chi connectivity index (χ4v) is 2.06. The van der Waals surface area contributed by atoms with Crippen LogP contribution in [0.3, 0.4) is 0 Å². The first-order chi connectivity index (χ1) is 6.76. The zero-order valence-electron chi connectivity index (χ0n) is 10.4. The maximum absolute atomic E-state index is 4.03. The van der Waals surface area contributed by atoms with Crippen LogP contribution in [0, 0.1) is 11.8 Å². The van der Waals surface area contributed by atoms with E-state index < -0.39 is 0 Å². The fourth-order valence-electron chi connectivity index (χ4n) is 2.06. The predicted octanol–water partition coefficient (Wildman–Crippen LogP) is 4.32. The van der Waals surface area contributed by atoms with Gasteiger partial charge >= 0.3 is 0 Å². The molecule has 0 unspecified atom stereocenters. The summed E-state index contributed by atoms with van der Waals surface area (Å²) in [7, 11) is 1.86. The number of hydrogen-bond donors (Lipinski definition) is 0. The smallest absolute Gasteiger partial charge is 0.0273 e. The molecule has 0 radical (unpaired) electrons. The Bertz CT molecular complexity index is 140. The molecule has 0 saturated carbocycles. The van der Waals surface area contributed by atoms with E-state index in [9.17, 15) is 0 Å². The minimum Gasteiger partial charge on any atom is -0.301 e. The zero-order chi connectivity index (χ0) is 10.8. The van der Waals surface area contributed by atoms with Gasteiger partial charge in [-0.15, -0.1) is 0 Å². The number of nitrogens with zero attached hydrogens (tertiary/aromatic N) is 1. The van der Waals surface area contributed by atoms with Crippen molar-refractivity contribution in [1.29, 1.82) is 0 Å². The number of rotatable bonds is 8. The lowest BCUT2D eigenvalue weighted by molar-refractivity contribution is 0.306. The SMILES string of the molecule is CCCC[C@@H](CC)[C@@H](C)CC/C=N/C. The van der Waals surface area contributed by atoms with E-state index in [4.69, 9.17) is 0 Å². The molecule has 1 nitrogen and oxygen atoms in total. The summed E-state index contributed by atoms with van der Waals surface area (Å²) < 4.78 is 0. The highest BCUT2D eigenvalue weighted by molar-refractivity contribution is 5.56. The quantitative estimate of drug-likeness (QED) is 0.514. The summed E-state index contributed by atoms with van der Waals surface area (Å²) in [5, 5.41) is 0. The molecule has 0 aromatic carbocycles. The average Bonchev–Trinajstić information content (AvgIpc) is 2.19. The Morgan fingerprint density at radius 1 is 1.21 bits per heavy atom. The second-order valence-corrected chi connectivity index (χ2v) is 4.31. The van der Waals surface area contributed by atoms with Crippen molar-refractivity contribution < 1.29 is 0 Å². The van der Waals surface area contributed by atoms with Crippen molar-refractivity contribution in [2.75, 3.05) is 7.05 Å². The molecule has 0 fully saturated rings. The largest absolute Gasteiger partial charge is 0.301 e. The Morgan fingerprint density at radius 3 is 2.43 bits per heavy atom. The minimum absolute atomic E-state index is 0.865. The van der Waals surface area contributed by atoms with Crippen LogP contribution in [-0.4, -0.2) is 13.3 Å². The Balaban J connectivity index is 3.72. The molecule has 0 aliphatic rings. The van der Waals surface area contributed by atoms with E-state index in [1.54, 1.807) is 0 Å². The van der Waals surface area contributed by atoms with Crippen molar-refractivity contribution in [1.82, 2.24) is 0 Å². The lowest BCUT2D eigenvalue weighted by Gasteiger charge is -2.21. The van der Waals surface area contributed by atoms with Gasteiger partial charge in [-0.2, -0.15) is 0 Å². The zero-order valence-corrected chi connectivity index (χ0v) is 10.4. The highest BCUT2D eigenvalue weighted by atomic mass is 14.6. The van der Waals surface area contributed by atoms with Crippen LogP contribution in [0.25, 0.3) is 0 Å². The van der Waals surface area contributed by atoms with E-state index >= 15 is 0 Å². The van der Waals surface area contributed by atoms with E-state index in [1.807, 2.05) is 13.3 Å². The topological polar surface area (TPSA) is 12.4 Å². The van der Waals surface area contributed by atoms with Crippen LogP contribution in [0.4, 0.5) is 0 Å². The molecule has 0 spiro atoms. The first-order valence-corrected chi connectivity index (χ1v) is 6.16. The second-order valence-electron chi connectivity index (χ2n) is 4.31. The third kappa shape index (κ3) is 6.17. The van der Waals surface area contributed by atoms with Gasteiger partial charge in [-0.1, -0.05) is 46.5 Å². The Labute approximate surface area is 90.0 Å². The van der Waals surface area contributed by atoms with Gasteiger partial charge in [0.2, 0.25) is 0 Å². The third-order valence-electron chi connectivity index (χ3n) is 3.19. The van der Waals surface area contributed by atoms with Gasteiger partial charge in [0.15, 0.2) is 0 Å². The summed E-state index contributed by atoms with van der Waals surface area (Å²) in [4.78, 5) is 4.03. The summed E-state index contributed by atoms with van der Waals surface area (Å²) >= 11 is 0. The van der Waals surface area contributed by atoms with Gasteiger partial charge in [-0.05, 0) is 30.9 Å². The standard InChI is InChI=1S/C13H27N/c1-5-7-10-13(6-2)12(3)9-8-11-14-4/h11-13H,5-10H2,1-4H3/b14-11+/t12-,13+/m0/s1. The van der Waals surface area contributed by atoms with E-state index in [0.717, 1.165) is 18.3 Å². The second kappa shape index (κ2) is 9.23. The number of hydrogen-bond acceptors (Lipinski definition) is 1. The van der Waals surface area contributed by atoms with Crippen LogP contribution in [0.15, 0.2) is 4.99 Å². The number of unbranched alkanes of at least 4 members (excludes halogenated alkanes) is 1. The molecule has 0 aliphatic carbocycles. The number of aliphatic imine (C=N–C) groups is 1. The highest BCUT2D eigenvalue weighted by Crippen LogP contribution is 2.25. The van der Waals surface area contributed by atoms with Crippen molar-refractivity contribution in [2.45, 2.75) is 59.3 Å². The van der Waals surface area contributed by atoms with Crippen molar-refractivity contribution >= 4 is 6.21 Å². The predicted molar refractivity (Wildman–Crippen MR) is 66.1 cm³/mol. The van der Waals surface area contributed by atoms with Gasteiger partial charge in [0.05, 0.1) is 0 Å². The van der Waals surface area contributed by atoms with Crippen LogP contribution in [0.5, 0.6) is 0 Å². The van der Waals surface area contributed by atoms with Gasteiger partial charge < -0.3 is 4.99 Å². The average molecular weight is 197 g/mol. The molecular weight excluding hydrogens is 170 g/mol. The fraction of sp³-hybridized carbons (Fsp3) is 0.923. The Morgan fingerprint density at radius 2 is 1.93 bits per heavy atom. The van der Waals surface area contributed by atoms with Crippen LogP contribution in [-0.2, 0) is 0 Å². The molecule has 84 valence electrons. The summed E-state index contributed by atoms with van der Waals surface area (Å²) in [6.45, 7) is 7.00. The maximum Gasteiger partial charge on any atom is 0.0273 e. The molecule has 0 N–H and O–H groups in total. The normalized spacial score (nSPS) is 16.0. The van der Waals surface area contributed by atoms with E-state index in [2.05, 4.69) is 25.8 Å². The van der Waals surface area contributed by atoms with Crippen LogP contribution in [0.2, 0.25) is 0 Å².